The van der Waals surface area contributed by atoms with Crippen LogP contribution in [0.15, 0.2) is 42.6 Å². The highest BCUT2D eigenvalue weighted by molar-refractivity contribution is 6.00. The lowest BCUT2D eigenvalue weighted by molar-refractivity contribution is 0.100. The fraction of sp³-hybridized carbons (Fsp3) is 0.222. The third-order valence-electron chi connectivity index (χ3n) is 4.76. The Morgan fingerprint density at radius 1 is 1.24 bits per heavy atom. The number of nitrogens with one attached hydrogen (secondary N) is 1. The molecular weight excluding hydrogens is 320 g/mol. The maximum atomic E-state index is 12.0. The van der Waals surface area contributed by atoms with E-state index in [2.05, 4.69) is 14.9 Å². The van der Waals surface area contributed by atoms with Gasteiger partial charge in [-0.15, -0.1) is 0 Å². The Bertz CT molecular complexity index is 983. The summed E-state index contributed by atoms with van der Waals surface area (Å²) in [4.78, 5) is 21.7. The summed E-state index contributed by atoms with van der Waals surface area (Å²) in [5.41, 5.74) is 8.39. The molecule has 1 aromatic carbocycles. The van der Waals surface area contributed by atoms with Crippen LogP contribution >= 0.6 is 0 Å². The number of nitrogens with two attached hydrogens (primary N) is 1. The van der Waals surface area contributed by atoms with Crippen molar-refractivity contribution in [3.05, 3.63) is 48.2 Å². The first-order chi connectivity index (χ1) is 12.2. The van der Waals surface area contributed by atoms with Crippen LogP contribution in [0.1, 0.15) is 10.4 Å². The largest absolute Gasteiger partial charge is 0.468 e. The fourth-order valence-corrected chi connectivity index (χ4v) is 3.61. The molecule has 2 atom stereocenters. The molecule has 2 aliphatic heterocycles. The van der Waals surface area contributed by atoms with E-state index in [1.54, 1.807) is 12.1 Å². The zero-order valence-corrected chi connectivity index (χ0v) is 13.3. The minimum atomic E-state index is -0.463. The standard InChI is InChI=1S/C18H16N4O3/c19-16(23)11-3-1-2-4-12(11)22-13-7-10-5-6-20-17(10)21-18(13)25-15-9-24-8-14(15)22/h1-7,14-15H,8-9H2,(H2,19,23)(H,20,21)/t14-,15-/m1/s1. The highest BCUT2D eigenvalue weighted by Crippen LogP contribution is 2.43. The third-order valence-corrected chi connectivity index (χ3v) is 4.76. The Morgan fingerprint density at radius 3 is 3.00 bits per heavy atom. The number of anilines is 2. The highest BCUT2D eigenvalue weighted by Gasteiger charge is 2.42. The number of primary amides is 1. The number of H-pyrrole nitrogens is 1. The molecule has 2 aromatic heterocycles. The van der Waals surface area contributed by atoms with Crippen molar-refractivity contribution < 1.29 is 14.3 Å². The van der Waals surface area contributed by atoms with Crippen molar-refractivity contribution in [2.45, 2.75) is 12.1 Å². The number of amides is 1. The van der Waals surface area contributed by atoms with E-state index in [9.17, 15) is 4.79 Å². The lowest BCUT2D eigenvalue weighted by Crippen LogP contribution is -2.47. The average Bonchev–Trinajstić information content (AvgIpc) is 3.26. The summed E-state index contributed by atoms with van der Waals surface area (Å²) < 4.78 is 11.7. The van der Waals surface area contributed by atoms with Crippen molar-refractivity contribution in [1.82, 2.24) is 9.97 Å². The quantitative estimate of drug-likeness (QED) is 0.746. The zero-order valence-electron chi connectivity index (χ0n) is 13.3. The van der Waals surface area contributed by atoms with Crippen LogP contribution in [-0.2, 0) is 4.74 Å². The molecule has 1 saturated heterocycles. The van der Waals surface area contributed by atoms with Crippen LogP contribution in [0.25, 0.3) is 11.0 Å². The number of aromatic amines is 1. The summed E-state index contributed by atoms with van der Waals surface area (Å²) in [5, 5.41) is 0.973. The number of pyridine rings is 1. The van der Waals surface area contributed by atoms with Crippen LogP contribution in [0.3, 0.4) is 0 Å². The van der Waals surface area contributed by atoms with Gasteiger partial charge in [0.1, 0.15) is 17.4 Å². The molecule has 1 amide bonds. The first kappa shape index (κ1) is 14.3. The zero-order chi connectivity index (χ0) is 17.0. The summed E-state index contributed by atoms with van der Waals surface area (Å²) in [6.07, 6.45) is 1.70. The second kappa shape index (κ2) is 5.22. The van der Waals surface area contributed by atoms with Gasteiger partial charge in [-0.1, -0.05) is 12.1 Å². The van der Waals surface area contributed by atoms with Crippen molar-refractivity contribution in [3.63, 3.8) is 0 Å². The molecule has 5 rings (SSSR count). The van der Waals surface area contributed by atoms with Gasteiger partial charge in [0, 0.05) is 11.6 Å². The van der Waals surface area contributed by atoms with Crippen molar-refractivity contribution in [1.29, 1.82) is 0 Å². The number of carbonyl (C=O) groups is 1. The van der Waals surface area contributed by atoms with E-state index < -0.39 is 5.91 Å². The molecule has 3 aromatic rings. The number of benzene rings is 1. The van der Waals surface area contributed by atoms with Gasteiger partial charge >= 0.3 is 0 Å². The van der Waals surface area contributed by atoms with E-state index in [4.69, 9.17) is 15.2 Å². The number of ether oxygens (including phenoxy) is 2. The van der Waals surface area contributed by atoms with Crippen LogP contribution in [0, 0.1) is 0 Å². The molecule has 2 aliphatic rings. The monoisotopic (exact) mass is 336 g/mol. The smallest absolute Gasteiger partial charge is 0.250 e. The molecule has 25 heavy (non-hydrogen) atoms. The molecule has 0 aliphatic carbocycles. The Morgan fingerprint density at radius 2 is 2.12 bits per heavy atom. The maximum absolute atomic E-state index is 12.0. The maximum Gasteiger partial charge on any atom is 0.250 e. The second-order valence-electron chi connectivity index (χ2n) is 6.24. The number of nitrogens with zero attached hydrogens (tertiary/aromatic N) is 2. The third kappa shape index (κ3) is 2.09. The Balaban J connectivity index is 1.76. The Hall–Kier alpha value is -3.06. The van der Waals surface area contributed by atoms with Crippen molar-refractivity contribution >= 4 is 28.3 Å². The van der Waals surface area contributed by atoms with Gasteiger partial charge in [-0.25, -0.2) is 0 Å². The van der Waals surface area contributed by atoms with Gasteiger partial charge in [0.15, 0.2) is 0 Å². The topological polar surface area (TPSA) is 93.5 Å². The van der Waals surface area contributed by atoms with Crippen LogP contribution in [0.2, 0.25) is 0 Å². The number of carbonyl (C=O) groups excluding carboxylic acids is 1. The summed E-state index contributed by atoms with van der Waals surface area (Å²) >= 11 is 0. The first-order valence-electron chi connectivity index (χ1n) is 8.13. The molecule has 0 saturated carbocycles. The number of hydrogen-bond donors (Lipinski definition) is 2. The van der Waals surface area contributed by atoms with Crippen molar-refractivity contribution in [3.8, 4) is 5.88 Å². The van der Waals surface area contributed by atoms with E-state index in [0.29, 0.717) is 24.7 Å². The van der Waals surface area contributed by atoms with Crippen LogP contribution in [0.4, 0.5) is 11.4 Å². The average molecular weight is 336 g/mol. The predicted octanol–water partition coefficient (Wildman–Crippen LogP) is 1.96. The number of para-hydroxylation sites is 1. The van der Waals surface area contributed by atoms with Gasteiger partial charge in [-0.3, -0.25) is 4.79 Å². The van der Waals surface area contributed by atoms with E-state index in [1.165, 1.54) is 0 Å². The van der Waals surface area contributed by atoms with E-state index in [0.717, 1.165) is 22.4 Å². The summed E-state index contributed by atoms with van der Waals surface area (Å²) in [7, 11) is 0. The fourth-order valence-electron chi connectivity index (χ4n) is 3.61. The molecule has 4 heterocycles. The lowest BCUT2D eigenvalue weighted by atomic mass is 10.0. The highest BCUT2D eigenvalue weighted by atomic mass is 16.6. The lowest BCUT2D eigenvalue weighted by Gasteiger charge is -2.39. The summed E-state index contributed by atoms with van der Waals surface area (Å²) in [5.74, 6) is 0.0655. The number of aromatic nitrogens is 2. The van der Waals surface area contributed by atoms with Gasteiger partial charge in [0.2, 0.25) is 5.88 Å². The normalized spacial score (nSPS) is 21.7. The molecule has 0 radical (unpaired) electrons. The molecule has 7 heteroatoms. The van der Waals surface area contributed by atoms with E-state index in [-0.39, 0.29) is 12.1 Å². The van der Waals surface area contributed by atoms with Crippen LogP contribution in [0.5, 0.6) is 5.88 Å². The van der Waals surface area contributed by atoms with Gasteiger partial charge in [0.25, 0.3) is 5.91 Å². The van der Waals surface area contributed by atoms with Gasteiger partial charge in [-0.2, -0.15) is 4.98 Å². The summed E-state index contributed by atoms with van der Waals surface area (Å²) in [6.45, 7) is 1.01. The molecule has 7 nitrogen and oxygen atoms in total. The van der Waals surface area contributed by atoms with E-state index in [1.807, 2.05) is 30.5 Å². The second-order valence-corrected chi connectivity index (χ2v) is 6.24. The Kier molecular flexibility index (Phi) is 2.98. The molecule has 0 unspecified atom stereocenters. The molecule has 3 N–H and O–H groups in total. The summed E-state index contributed by atoms with van der Waals surface area (Å²) in [6, 6.07) is 11.3. The molecule has 0 bridgehead atoms. The number of fused-ring (bicyclic) bond motifs is 3. The van der Waals surface area contributed by atoms with Gasteiger partial charge in [-0.05, 0) is 24.3 Å². The van der Waals surface area contributed by atoms with Gasteiger partial charge < -0.3 is 25.1 Å². The Labute approximate surface area is 143 Å². The van der Waals surface area contributed by atoms with Crippen molar-refractivity contribution in [2.75, 3.05) is 18.1 Å². The van der Waals surface area contributed by atoms with Crippen molar-refractivity contribution in [2.24, 2.45) is 5.73 Å². The predicted molar refractivity (Wildman–Crippen MR) is 92.2 cm³/mol. The van der Waals surface area contributed by atoms with Crippen LogP contribution < -0.4 is 15.4 Å². The molecule has 0 spiro atoms. The number of rotatable bonds is 2. The molecule has 1 fully saturated rings. The minimum absolute atomic E-state index is 0.0359. The van der Waals surface area contributed by atoms with Gasteiger partial charge in [0.05, 0.1) is 30.5 Å². The molecule has 126 valence electrons. The first-order valence-corrected chi connectivity index (χ1v) is 8.13. The SMILES string of the molecule is NC(=O)c1ccccc1N1c2cc3cc[nH]c3nc2O[C@@H]2COC[C@H]21. The van der Waals surface area contributed by atoms with Crippen LogP contribution in [-0.4, -0.2) is 41.2 Å². The molecular formula is C18H16N4O3. The number of hydrogen-bond acceptors (Lipinski definition) is 5. The van der Waals surface area contributed by atoms with E-state index >= 15 is 0 Å². The minimum Gasteiger partial charge on any atom is -0.468 e.